The predicted octanol–water partition coefficient (Wildman–Crippen LogP) is 0.624. The monoisotopic (exact) mass is 344 g/mol. The van der Waals surface area contributed by atoms with Crippen LogP contribution in [0.3, 0.4) is 0 Å². The number of sulfonamides is 1. The van der Waals surface area contributed by atoms with E-state index in [9.17, 15) is 8.42 Å². The average Bonchev–Trinajstić information content (AvgIpc) is 2.91. The molecule has 1 aromatic carbocycles. The fourth-order valence-corrected chi connectivity index (χ4v) is 3.08. The molecule has 8 nitrogen and oxygen atoms in total. The van der Waals surface area contributed by atoms with Gasteiger partial charge < -0.3 is 15.2 Å². The van der Waals surface area contributed by atoms with Crippen LogP contribution in [-0.2, 0) is 21.4 Å². The van der Waals surface area contributed by atoms with Gasteiger partial charge in [-0.25, -0.2) is 13.1 Å². The Morgan fingerprint density at radius 2 is 2.00 bits per heavy atom. The summed E-state index contributed by atoms with van der Waals surface area (Å²) >= 11 is 1.24. The number of nitrogen functional groups attached to an aromatic ring is 1. The van der Waals surface area contributed by atoms with Crippen molar-refractivity contribution in [2.45, 2.75) is 11.5 Å². The Labute approximate surface area is 132 Å². The number of hydrogen-bond donors (Lipinski definition) is 2. The van der Waals surface area contributed by atoms with Crippen LogP contribution in [0.15, 0.2) is 29.2 Å². The van der Waals surface area contributed by atoms with Crippen molar-refractivity contribution in [1.29, 1.82) is 0 Å². The quantitative estimate of drug-likeness (QED) is 0.674. The van der Waals surface area contributed by atoms with Gasteiger partial charge in [0.2, 0.25) is 15.2 Å². The van der Waals surface area contributed by atoms with Gasteiger partial charge in [0.25, 0.3) is 0 Å². The maximum atomic E-state index is 12.0. The molecule has 0 saturated heterocycles. The topological polar surface area (TPSA) is 116 Å². The molecule has 0 aliphatic rings. The van der Waals surface area contributed by atoms with Crippen LogP contribution in [0.1, 0.15) is 5.01 Å². The van der Waals surface area contributed by atoms with E-state index < -0.39 is 10.0 Å². The highest BCUT2D eigenvalue weighted by Crippen LogP contribution is 2.18. The third kappa shape index (κ3) is 4.63. The maximum absolute atomic E-state index is 12.0. The molecule has 0 fully saturated rings. The minimum atomic E-state index is -3.54. The third-order valence-corrected chi connectivity index (χ3v) is 4.78. The number of nitrogens with one attached hydrogen (secondary N) is 1. The smallest absolute Gasteiger partial charge is 0.240 e. The van der Waals surface area contributed by atoms with Crippen molar-refractivity contribution in [3.63, 3.8) is 0 Å². The normalized spacial score (nSPS) is 11.5. The lowest BCUT2D eigenvalue weighted by Crippen LogP contribution is -2.27. The van der Waals surface area contributed by atoms with Crippen LogP contribution in [0.4, 0.5) is 5.13 Å². The minimum Gasteiger partial charge on any atom is -0.486 e. The molecule has 0 saturated carbocycles. The molecule has 2 rings (SSSR count). The van der Waals surface area contributed by atoms with Gasteiger partial charge in [0.15, 0.2) is 5.01 Å². The van der Waals surface area contributed by atoms with Crippen molar-refractivity contribution in [2.24, 2.45) is 0 Å². The van der Waals surface area contributed by atoms with Crippen LogP contribution >= 0.6 is 11.3 Å². The fraction of sp³-hybridized carbons (Fsp3) is 0.333. The number of nitrogens with two attached hydrogens (primary N) is 1. The fourth-order valence-electron chi connectivity index (χ4n) is 1.55. The Morgan fingerprint density at radius 3 is 2.59 bits per heavy atom. The van der Waals surface area contributed by atoms with Gasteiger partial charge in [0.05, 0.1) is 11.5 Å². The molecular weight excluding hydrogens is 328 g/mol. The summed E-state index contributed by atoms with van der Waals surface area (Å²) in [4.78, 5) is 0.163. The molecule has 0 amide bonds. The molecule has 1 aromatic heterocycles. The molecule has 0 aliphatic carbocycles. The molecule has 0 atom stereocenters. The lowest BCUT2D eigenvalue weighted by atomic mass is 10.3. The zero-order valence-corrected chi connectivity index (χ0v) is 13.5. The summed E-state index contributed by atoms with van der Waals surface area (Å²) < 4.78 is 36.6. The van der Waals surface area contributed by atoms with Crippen LogP contribution in [0, 0.1) is 0 Å². The first-order valence-electron chi connectivity index (χ1n) is 6.30. The Balaban J connectivity index is 1.94. The first-order valence-corrected chi connectivity index (χ1v) is 8.60. The zero-order valence-electron chi connectivity index (χ0n) is 11.9. The first-order chi connectivity index (χ1) is 10.5. The van der Waals surface area contributed by atoms with Crippen LogP contribution in [0.2, 0.25) is 0 Å². The highest BCUT2D eigenvalue weighted by Gasteiger charge is 2.13. The zero-order chi connectivity index (χ0) is 16.0. The summed E-state index contributed by atoms with van der Waals surface area (Å²) in [6.45, 7) is 0.758. The van der Waals surface area contributed by atoms with Crippen molar-refractivity contribution < 1.29 is 17.9 Å². The number of methoxy groups -OCH3 is 1. The van der Waals surface area contributed by atoms with E-state index in [-0.39, 0.29) is 18.0 Å². The van der Waals surface area contributed by atoms with Gasteiger partial charge in [-0.05, 0) is 24.3 Å². The van der Waals surface area contributed by atoms with Gasteiger partial charge in [-0.3, -0.25) is 0 Å². The molecule has 2 aromatic rings. The molecule has 0 radical (unpaired) electrons. The van der Waals surface area contributed by atoms with E-state index in [0.29, 0.717) is 22.5 Å². The number of anilines is 1. The first kappa shape index (κ1) is 16.6. The maximum Gasteiger partial charge on any atom is 0.240 e. The number of aromatic nitrogens is 2. The van der Waals surface area contributed by atoms with E-state index in [1.807, 2.05) is 0 Å². The molecule has 0 aliphatic heterocycles. The number of rotatable bonds is 8. The molecule has 0 bridgehead atoms. The molecule has 22 heavy (non-hydrogen) atoms. The summed E-state index contributed by atoms with van der Waals surface area (Å²) in [5.74, 6) is 0.532. The molecule has 0 spiro atoms. The molecule has 1 heterocycles. The van der Waals surface area contributed by atoms with Crippen LogP contribution < -0.4 is 15.2 Å². The molecule has 120 valence electrons. The summed E-state index contributed by atoms with van der Waals surface area (Å²) in [7, 11) is -2.03. The van der Waals surface area contributed by atoms with Gasteiger partial charge in [-0.1, -0.05) is 11.3 Å². The molecule has 10 heteroatoms. The van der Waals surface area contributed by atoms with Gasteiger partial charge in [0.1, 0.15) is 12.4 Å². The van der Waals surface area contributed by atoms with Crippen molar-refractivity contribution in [2.75, 3.05) is 26.0 Å². The van der Waals surface area contributed by atoms with Gasteiger partial charge in [-0.2, -0.15) is 0 Å². The van der Waals surface area contributed by atoms with E-state index in [2.05, 4.69) is 14.9 Å². The number of ether oxygens (including phenoxy) is 2. The predicted molar refractivity (Wildman–Crippen MR) is 82.2 cm³/mol. The van der Waals surface area contributed by atoms with Crippen molar-refractivity contribution in [3.05, 3.63) is 29.3 Å². The Hall–Kier alpha value is -1.75. The Morgan fingerprint density at radius 1 is 1.27 bits per heavy atom. The van der Waals surface area contributed by atoms with E-state index >= 15 is 0 Å². The summed E-state index contributed by atoms with van der Waals surface area (Å²) in [6.07, 6.45) is 0. The molecule has 3 N–H and O–H groups in total. The summed E-state index contributed by atoms with van der Waals surface area (Å²) in [6, 6.07) is 6.10. The second kappa shape index (κ2) is 7.49. The van der Waals surface area contributed by atoms with Gasteiger partial charge >= 0.3 is 0 Å². The minimum absolute atomic E-state index is 0.163. The Bertz CT molecular complexity index is 700. The highest BCUT2D eigenvalue weighted by molar-refractivity contribution is 7.89. The number of nitrogens with zero attached hydrogens (tertiary/aromatic N) is 2. The standard InChI is InChI=1S/C12H16N4O4S2/c1-19-7-6-14-22(17,18)10-4-2-9(3-5-10)20-8-11-15-16-12(13)21-11/h2-5,14H,6-8H2,1H3,(H2,13,16). The lowest BCUT2D eigenvalue weighted by Gasteiger charge is -2.08. The van der Waals surface area contributed by atoms with Gasteiger partial charge in [-0.15, -0.1) is 10.2 Å². The third-order valence-electron chi connectivity index (χ3n) is 2.58. The molecule has 0 unspecified atom stereocenters. The largest absolute Gasteiger partial charge is 0.486 e. The van der Waals surface area contributed by atoms with Crippen LogP contribution in [0.25, 0.3) is 0 Å². The van der Waals surface area contributed by atoms with E-state index in [0.717, 1.165) is 0 Å². The second-order valence-electron chi connectivity index (χ2n) is 4.18. The van der Waals surface area contributed by atoms with Crippen molar-refractivity contribution >= 4 is 26.5 Å². The molecular formula is C12H16N4O4S2. The van der Waals surface area contributed by atoms with Crippen LogP contribution in [-0.4, -0.2) is 38.9 Å². The number of benzene rings is 1. The van der Waals surface area contributed by atoms with Crippen molar-refractivity contribution in [1.82, 2.24) is 14.9 Å². The number of hydrogen-bond acceptors (Lipinski definition) is 8. The summed E-state index contributed by atoms with van der Waals surface area (Å²) in [5.41, 5.74) is 5.47. The van der Waals surface area contributed by atoms with Gasteiger partial charge in [0, 0.05) is 13.7 Å². The average molecular weight is 344 g/mol. The SMILES string of the molecule is COCCNS(=O)(=O)c1ccc(OCc2nnc(N)s2)cc1. The lowest BCUT2D eigenvalue weighted by molar-refractivity contribution is 0.204. The highest BCUT2D eigenvalue weighted by atomic mass is 32.2. The Kier molecular flexibility index (Phi) is 5.66. The van der Waals surface area contributed by atoms with E-state index in [1.54, 1.807) is 12.1 Å². The van der Waals surface area contributed by atoms with Crippen LogP contribution in [0.5, 0.6) is 5.75 Å². The summed E-state index contributed by atoms with van der Waals surface area (Å²) in [5, 5.41) is 8.54. The van der Waals surface area contributed by atoms with E-state index in [1.165, 1.54) is 30.6 Å². The second-order valence-corrected chi connectivity index (χ2v) is 7.05. The van der Waals surface area contributed by atoms with E-state index in [4.69, 9.17) is 15.2 Å². The van der Waals surface area contributed by atoms with Crippen molar-refractivity contribution in [3.8, 4) is 5.75 Å².